The lowest BCUT2D eigenvalue weighted by Crippen LogP contribution is -2.70. The summed E-state index contributed by atoms with van der Waals surface area (Å²) >= 11 is 0. The highest BCUT2D eigenvalue weighted by Crippen LogP contribution is 2.74. The van der Waals surface area contributed by atoms with Gasteiger partial charge in [0.05, 0.1) is 23.9 Å². The van der Waals surface area contributed by atoms with Gasteiger partial charge in [-0.1, -0.05) is 64.5 Å². The molecule has 0 spiro atoms. The van der Waals surface area contributed by atoms with Crippen LogP contribution >= 0.6 is 0 Å². The first-order chi connectivity index (χ1) is 23.3. The molecule has 5 aliphatic rings. The van der Waals surface area contributed by atoms with Crippen LogP contribution in [0.2, 0.25) is 0 Å². The van der Waals surface area contributed by atoms with Crippen LogP contribution in [0.1, 0.15) is 111 Å². The van der Waals surface area contributed by atoms with Gasteiger partial charge in [-0.15, -0.1) is 0 Å². The van der Waals surface area contributed by atoms with Crippen molar-refractivity contribution in [2.45, 2.75) is 137 Å². The Balaban J connectivity index is 1.39. The van der Waals surface area contributed by atoms with Crippen molar-refractivity contribution in [3.05, 3.63) is 47.5 Å². The maximum absolute atomic E-state index is 13.4. The lowest BCUT2D eigenvalue weighted by atomic mass is 9.36. The minimum absolute atomic E-state index is 0.0118. The Morgan fingerprint density at radius 1 is 0.800 bits per heavy atom. The van der Waals surface area contributed by atoms with E-state index in [1.165, 1.54) is 19.4 Å². The standard InChI is InChI=1S/C41H58O9/c1-23(42)48-33-20-31-37(3,4)32(50-36(46)25-13-11-10-12-14-25)21-34(49-24(2)43)41(31,9)30-17-18-39(7)27(15-16-29(39)40(30,33)8)26-19-28(44)35(45)38(5,6)47-22-26/h10-14,16,26-28,30-35,44-45H,15,17-22H2,1-9H3/t26-,27-,28+,30-,31-,32+,33+,34-,35-,39-,40-,41+/m0/s1. The SMILES string of the molecule is CC(=O)O[C@H]1C[C@@H](OC(=O)c2ccccc2)C(C)(C)[C@@H]2C[C@@H](OC(C)=O)[C@@]3(C)C4=CC[C@@H]([C@@H]5COC(C)(C)[C@@H](O)[C@H](O)C5)[C@]4(C)CC[C@@H]3[C@@]12C. The highest BCUT2D eigenvalue weighted by molar-refractivity contribution is 5.89. The van der Waals surface area contributed by atoms with Crippen LogP contribution in [0.3, 0.4) is 0 Å². The monoisotopic (exact) mass is 694 g/mol. The van der Waals surface area contributed by atoms with Gasteiger partial charge in [0.15, 0.2) is 0 Å². The van der Waals surface area contributed by atoms with E-state index in [-0.39, 0.29) is 41.0 Å². The molecule has 0 unspecified atom stereocenters. The van der Waals surface area contributed by atoms with Gasteiger partial charge in [0, 0.05) is 36.5 Å². The molecule has 1 heterocycles. The summed E-state index contributed by atoms with van der Waals surface area (Å²) in [6.07, 6.45) is 2.81. The zero-order valence-electron chi connectivity index (χ0n) is 31.4. The molecule has 0 aromatic heterocycles. The maximum atomic E-state index is 13.4. The van der Waals surface area contributed by atoms with Gasteiger partial charge >= 0.3 is 17.9 Å². The summed E-state index contributed by atoms with van der Waals surface area (Å²) in [6, 6.07) is 8.94. The highest BCUT2D eigenvalue weighted by atomic mass is 16.6. The summed E-state index contributed by atoms with van der Waals surface area (Å²) in [7, 11) is 0. The molecule has 276 valence electrons. The van der Waals surface area contributed by atoms with Crippen molar-refractivity contribution in [3.8, 4) is 0 Å². The third-order valence-corrected chi connectivity index (χ3v) is 14.5. The van der Waals surface area contributed by atoms with Crippen LogP contribution in [0.5, 0.6) is 0 Å². The van der Waals surface area contributed by atoms with Gasteiger partial charge < -0.3 is 29.2 Å². The van der Waals surface area contributed by atoms with E-state index in [9.17, 15) is 24.6 Å². The summed E-state index contributed by atoms with van der Waals surface area (Å²) in [5.41, 5.74) is -0.996. The molecular formula is C41H58O9. The predicted molar refractivity (Wildman–Crippen MR) is 187 cm³/mol. The number of carbonyl (C=O) groups is 3. The van der Waals surface area contributed by atoms with E-state index >= 15 is 0 Å². The fraction of sp³-hybridized carbons (Fsp3) is 0.732. The molecular weight excluding hydrogens is 636 g/mol. The summed E-state index contributed by atoms with van der Waals surface area (Å²) in [5.74, 6) is -1.04. The van der Waals surface area contributed by atoms with Crippen molar-refractivity contribution in [2.24, 2.45) is 45.3 Å². The first-order valence-electron chi connectivity index (χ1n) is 18.6. The number of rotatable bonds is 5. The molecule has 12 atom stereocenters. The quantitative estimate of drug-likeness (QED) is 0.203. The van der Waals surface area contributed by atoms with Gasteiger partial charge in [-0.05, 0) is 87.2 Å². The molecule has 0 radical (unpaired) electrons. The van der Waals surface area contributed by atoms with Crippen molar-refractivity contribution < 1.29 is 43.5 Å². The Hall–Kier alpha value is -2.75. The number of hydrogen-bond donors (Lipinski definition) is 2. The average Bonchev–Trinajstić information content (AvgIpc) is 3.35. The van der Waals surface area contributed by atoms with Crippen LogP contribution in [-0.2, 0) is 28.5 Å². The number of ether oxygens (including phenoxy) is 4. The summed E-state index contributed by atoms with van der Waals surface area (Å²) in [5, 5.41) is 21.9. The van der Waals surface area contributed by atoms with Crippen LogP contribution in [-0.4, -0.2) is 70.8 Å². The molecule has 0 bridgehead atoms. The third kappa shape index (κ3) is 5.74. The Bertz CT molecular complexity index is 1520. The summed E-state index contributed by atoms with van der Waals surface area (Å²) in [4.78, 5) is 39.1. The number of fused-ring (bicyclic) bond motifs is 5. The third-order valence-electron chi connectivity index (χ3n) is 14.5. The molecule has 9 heteroatoms. The summed E-state index contributed by atoms with van der Waals surface area (Å²) in [6.45, 7) is 18.1. The zero-order valence-corrected chi connectivity index (χ0v) is 31.4. The van der Waals surface area contributed by atoms with Crippen LogP contribution < -0.4 is 0 Å². The van der Waals surface area contributed by atoms with Crippen molar-refractivity contribution in [1.29, 1.82) is 0 Å². The van der Waals surface area contributed by atoms with Gasteiger partial charge in [-0.25, -0.2) is 4.79 Å². The van der Waals surface area contributed by atoms with Gasteiger partial charge in [0.1, 0.15) is 24.4 Å². The van der Waals surface area contributed by atoms with E-state index in [0.29, 0.717) is 31.4 Å². The number of carbonyl (C=O) groups excluding carboxylic acids is 3. The van der Waals surface area contributed by atoms with Gasteiger partial charge in [-0.2, -0.15) is 0 Å². The maximum Gasteiger partial charge on any atom is 0.338 e. The average molecular weight is 695 g/mol. The van der Waals surface area contributed by atoms with E-state index < -0.39 is 58.3 Å². The van der Waals surface area contributed by atoms with Crippen molar-refractivity contribution in [2.75, 3.05) is 6.61 Å². The molecule has 3 saturated carbocycles. The van der Waals surface area contributed by atoms with E-state index in [1.807, 2.05) is 19.9 Å². The molecule has 1 aliphatic heterocycles. The second kappa shape index (κ2) is 12.7. The van der Waals surface area contributed by atoms with E-state index in [0.717, 1.165) is 19.3 Å². The van der Waals surface area contributed by atoms with Gasteiger partial charge in [0.2, 0.25) is 0 Å². The molecule has 9 nitrogen and oxygen atoms in total. The molecule has 4 aliphatic carbocycles. The van der Waals surface area contributed by atoms with Crippen LogP contribution in [0, 0.1) is 45.3 Å². The smallest absolute Gasteiger partial charge is 0.338 e. The number of hydrogen-bond acceptors (Lipinski definition) is 9. The predicted octanol–water partition coefficient (Wildman–Crippen LogP) is 6.44. The molecule has 6 rings (SSSR count). The fourth-order valence-electron chi connectivity index (χ4n) is 12.0. The van der Waals surface area contributed by atoms with Crippen LogP contribution in [0.15, 0.2) is 42.0 Å². The molecule has 1 aromatic rings. The Morgan fingerprint density at radius 3 is 2.08 bits per heavy atom. The lowest BCUT2D eigenvalue weighted by Gasteiger charge is -2.70. The minimum atomic E-state index is -0.977. The number of esters is 3. The normalized spacial score (nSPS) is 43.2. The summed E-state index contributed by atoms with van der Waals surface area (Å²) < 4.78 is 25.2. The minimum Gasteiger partial charge on any atom is -0.462 e. The van der Waals surface area contributed by atoms with E-state index in [4.69, 9.17) is 18.9 Å². The zero-order chi connectivity index (χ0) is 36.6. The van der Waals surface area contributed by atoms with Gasteiger partial charge in [-0.3, -0.25) is 9.59 Å². The Labute approximate surface area is 297 Å². The van der Waals surface area contributed by atoms with Gasteiger partial charge in [0.25, 0.3) is 0 Å². The van der Waals surface area contributed by atoms with Crippen molar-refractivity contribution >= 4 is 17.9 Å². The molecule has 1 aromatic carbocycles. The second-order valence-corrected chi connectivity index (χ2v) is 17.8. The number of aliphatic hydroxyl groups excluding tert-OH is 2. The topological polar surface area (TPSA) is 129 Å². The number of benzene rings is 1. The van der Waals surface area contributed by atoms with E-state index in [2.05, 4.69) is 40.7 Å². The molecule has 0 amide bonds. The van der Waals surface area contributed by atoms with Crippen LogP contribution in [0.25, 0.3) is 0 Å². The molecule has 50 heavy (non-hydrogen) atoms. The Kier molecular flexibility index (Phi) is 9.43. The molecule has 4 fully saturated rings. The van der Waals surface area contributed by atoms with E-state index in [1.54, 1.807) is 24.3 Å². The number of aliphatic hydroxyl groups is 2. The first-order valence-corrected chi connectivity index (χ1v) is 18.6. The highest BCUT2D eigenvalue weighted by Gasteiger charge is 2.72. The largest absolute Gasteiger partial charge is 0.462 e. The number of allylic oxidation sites excluding steroid dienone is 1. The van der Waals surface area contributed by atoms with Crippen molar-refractivity contribution in [3.63, 3.8) is 0 Å². The first kappa shape index (κ1) is 37.0. The molecule has 2 N–H and O–H groups in total. The lowest BCUT2D eigenvalue weighted by molar-refractivity contribution is -0.259. The second-order valence-electron chi connectivity index (χ2n) is 17.8. The fourth-order valence-corrected chi connectivity index (χ4v) is 12.0. The van der Waals surface area contributed by atoms with Crippen molar-refractivity contribution in [1.82, 2.24) is 0 Å². The Morgan fingerprint density at radius 2 is 1.44 bits per heavy atom. The molecule has 1 saturated heterocycles. The van der Waals surface area contributed by atoms with Crippen LogP contribution in [0.4, 0.5) is 0 Å².